The van der Waals surface area contributed by atoms with Gasteiger partial charge in [-0.25, -0.2) is 0 Å². The Kier molecular flexibility index (Phi) is 7.29. The minimum absolute atomic E-state index is 0.0554. The van der Waals surface area contributed by atoms with Crippen molar-refractivity contribution in [3.05, 3.63) is 0 Å². The lowest BCUT2D eigenvalue weighted by Crippen LogP contribution is -2.42. The molecule has 5 nitrogen and oxygen atoms in total. The van der Waals surface area contributed by atoms with Crippen molar-refractivity contribution in [3.8, 4) is 0 Å². The zero-order valence-corrected chi connectivity index (χ0v) is 9.45. The Bertz CT molecular complexity index is 182. The minimum Gasteiger partial charge on any atom is -0.465 e. The van der Waals surface area contributed by atoms with Crippen molar-refractivity contribution in [2.24, 2.45) is 0 Å². The van der Waals surface area contributed by atoms with E-state index >= 15 is 0 Å². The van der Waals surface area contributed by atoms with Crippen molar-refractivity contribution in [2.75, 3.05) is 26.3 Å². The molecule has 0 saturated heterocycles. The standard InChI is InChI=1S/C10H21NO4/c1-3-4-5-15-9(13)6-11-7-10(2,14)8-12/h11-12,14H,3-8H2,1-2H3. The van der Waals surface area contributed by atoms with E-state index in [9.17, 15) is 9.90 Å². The molecule has 0 rings (SSSR count). The average Bonchev–Trinajstić information content (AvgIpc) is 2.18. The molecule has 0 heterocycles. The van der Waals surface area contributed by atoms with Crippen LogP contribution in [0.5, 0.6) is 0 Å². The summed E-state index contributed by atoms with van der Waals surface area (Å²) >= 11 is 0. The Morgan fingerprint density at radius 2 is 2.20 bits per heavy atom. The van der Waals surface area contributed by atoms with Crippen molar-refractivity contribution >= 4 is 5.97 Å². The summed E-state index contributed by atoms with van der Waals surface area (Å²) in [6.45, 7) is 3.82. The molecule has 0 aromatic rings. The number of nitrogens with one attached hydrogen (secondary N) is 1. The Balaban J connectivity index is 3.46. The molecule has 0 aromatic carbocycles. The highest BCUT2D eigenvalue weighted by atomic mass is 16.5. The van der Waals surface area contributed by atoms with Gasteiger partial charge in [0.1, 0.15) is 0 Å². The number of unbranched alkanes of at least 4 members (excludes halogenated alkanes) is 1. The molecular weight excluding hydrogens is 198 g/mol. The maximum absolute atomic E-state index is 11.1. The van der Waals surface area contributed by atoms with E-state index in [0.29, 0.717) is 6.61 Å². The molecule has 1 atom stereocenters. The highest BCUT2D eigenvalue weighted by molar-refractivity contribution is 5.71. The highest BCUT2D eigenvalue weighted by Crippen LogP contribution is 1.98. The Morgan fingerprint density at radius 3 is 2.73 bits per heavy atom. The number of carbonyl (C=O) groups is 1. The van der Waals surface area contributed by atoms with Gasteiger partial charge in [0, 0.05) is 6.54 Å². The van der Waals surface area contributed by atoms with Crippen LogP contribution in [0.25, 0.3) is 0 Å². The molecule has 5 heteroatoms. The van der Waals surface area contributed by atoms with Gasteiger partial charge in [0.05, 0.1) is 25.4 Å². The van der Waals surface area contributed by atoms with E-state index in [1.54, 1.807) is 0 Å². The van der Waals surface area contributed by atoms with Gasteiger partial charge >= 0.3 is 5.97 Å². The second-order valence-electron chi connectivity index (χ2n) is 3.83. The van der Waals surface area contributed by atoms with Crippen LogP contribution in [-0.2, 0) is 9.53 Å². The number of aliphatic hydroxyl groups is 2. The normalized spacial score (nSPS) is 14.7. The van der Waals surface area contributed by atoms with Crippen LogP contribution >= 0.6 is 0 Å². The maximum Gasteiger partial charge on any atom is 0.319 e. The number of hydrogen-bond acceptors (Lipinski definition) is 5. The Hall–Kier alpha value is -0.650. The van der Waals surface area contributed by atoms with E-state index in [2.05, 4.69) is 5.32 Å². The molecule has 0 saturated carbocycles. The fraction of sp³-hybridized carbons (Fsp3) is 0.900. The fourth-order valence-electron chi connectivity index (χ4n) is 0.871. The van der Waals surface area contributed by atoms with Gasteiger partial charge in [-0.15, -0.1) is 0 Å². The summed E-state index contributed by atoms with van der Waals surface area (Å²) in [5, 5.41) is 20.8. The number of aliphatic hydroxyl groups excluding tert-OH is 1. The average molecular weight is 219 g/mol. The van der Waals surface area contributed by atoms with Crippen molar-refractivity contribution in [3.63, 3.8) is 0 Å². The van der Waals surface area contributed by atoms with E-state index in [1.165, 1.54) is 6.92 Å². The summed E-state index contributed by atoms with van der Waals surface area (Å²) in [6, 6.07) is 0. The van der Waals surface area contributed by atoms with Gasteiger partial charge < -0.3 is 20.3 Å². The van der Waals surface area contributed by atoms with Crippen molar-refractivity contribution < 1.29 is 19.7 Å². The third-order valence-corrected chi connectivity index (χ3v) is 1.88. The minimum atomic E-state index is -1.19. The first kappa shape index (κ1) is 14.3. The molecule has 0 fully saturated rings. The molecule has 90 valence electrons. The summed E-state index contributed by atoms with van der Waals surface area (Å²) in [7, 11) is 0. The van der Waals surface area contributed by atoms with Gasteiger partial charge in [0.2, 0.25) is 0 Å². The molecule has 0 amide bonds. The van der Waals surface area contributed by atoms with Crippen LogP contribution in [0, 0.1) is 0 Å². The number of esters is 1. The van der Waals surface area contributed by atoms with Gasteiger partial charge in [-0.2, -0.15) is 0 Å². The molecule has 3 N–H and O–H groups in total. The molecule has 0 bridgehead atoms. The molecule has 0 spiro atoms. The lowest BCUT2D eigenvalue weighted by atomic mass is 10.1. The third-order valence-electron chi connectivity index (χ3n) is 1.88. The molecule has 0 aliphatic carbocycles. The van der Waals surface area contributed by atoms with Crippen LogP contribution < -0.4 is 5.32 Å². The third kappa shape index (κ3) is 8.35. The molecule has 15 heavy (non-hydrogen) atoms. The van der Waals surface area contributed by atoms with Gasteiger partial charge in [0.25, 0.3) is 0 Å². The summed E-state index contributed by atoms with van der Waals surface area (Å²) in [4.78, 5) is 11.1. The van der Waals surface area contributed by atoms with Crippen molar-refractivity contribution in [2.45, 2.75) is 32.3 Å². The topological polar surface area (TPSA) is 78.8 Å². The second kappa shape index (κ2) is 7.62. The zero-order chi connectivity index (χ0) is 11.7. The van der Waals surface area contributed by atoms with Crippen LogP contribution in [0.15, 0.2) is 0 Å². The number of hydrogen-bond donors (Lipinski definition) is 3. The zero-order valence-electron chi connectivity index (χ0n) is 9.45. The first-order chi connectivity index (χ1) is 7.02. The lowest BCUT2D eigenvalue weighted by molar-refractivity contribution is -0.142. The van der Waals surface area contributed by atoms with Crippen molar-refractivity contribution in [1.29, 1.82) is 0 Å². The van der Waals surface area contributed by atoms with Gasteiger partial charge in [-0.3, -0.25) is 4.79 Å². The number of carbonyl (C=O) groups excluding carboxylic acids is 1. The Labute approximate surface area is 90.4 Å². The van der Waals surface area contributed by atoms with Gasteiger partial charge in [-0.05, 0) is 13.3 Å². The smallest absolute Gasteiger partial charge is 0.319 e. The molecule has 0 aliphatic heterocycles. The number of ether oxygens (including phenoxy) is 1. The maximum atomic E-state index is 11.1. The summed E-state index contributed by atoms with van der Waals surface area (Å²) in [5.41, 5.74) is -1.19. The van der Waals surface area contributed by atoms with Crippen LogP contribution in [0.4, 0.5) is 0 Å². The van der Waals surface area contributed by atoms with E-state index < -0.39 is 5.60 Å². The van der Waals surface area contributed by atoms with Gasteiger partial charge in [-0.1, -0.05) is 13.3 Å². The van der Waals surface area contributed by atoms with Crippen LogP contribution in [0.2, 0.25) is 0 Å². The predicted octanol–water partition coefficient (Wildman–Crippen LogP) is -0.337. The van der Waals surface area contributed by atoms with Gasteiger partial charge in [0.15, 0.2) is 0 Å². The monoisotopic (exact) mass is 219 g/mol. The van der Waals surface area contributed by atoms with E-state index in [-0.39, 0.29) is 25.7 Å². The fourth-order valence-corrected chi connectivity index (χ4v) is 0.871. The first-order valence-corrected chi connectivity index (χ1v) is 5.21. The lowest BCUT2D eigenvalue weighted by Gasteiger charge is -2.20. The molecular formula is C10H21NO4. The predicted molar refractivity (Wildman–Crippen MR) is 56.4 cm³/mol. The highest BCUT2D eigenvalue weighted by Gasteiger charge is 2.18. The number of rotatable bonds is 8. The van der Waals surface area contributed by atoms with Crippen LogP contribution in [0.3, 0.4) is 0 Å². The quantitative estimate of drug-likeness (QED) is 0.384. The molecule has 1 unspecified atom stereocenters. The molecule has 0 aromatic heterocycles. The van der Waals surface area contributed by atoms with Crippen molar-refractivity contribution in [1.82, 2.24) is 5.32 Å². The van der Waals surface area contributed by atoms with E-state index in [1.807, 2.05) is 6.92 Å². The van der Waals surface area contributed by atoms with Crippen LogP contribution in [0.1, 0.15) is 26.7 Å². The van der Waals surface area contributed by atoms with E-state index in [4.69, 9.17) is 9.84 Å². The van der Waals surface area contributed by atoms with E-state index in [0.717, 1.165) is 12.8 Å². The largest absolute Gasteiger partial charge is 0.465 e. The summed E-state index contributed by atoms with van der Waals surface area (Å²) in [5.74, 6) is -0.336. The first-order valence-electron chi connectivity index (χ1n) is 5.21. The summed E-state index contributed by atoms with van der Waals surface area (Å²) < 4.78 is 4.89. The SMILES string of the molecule is CCCCOC(=O)CNCC(C)(O)CO. The van der Waals surface area contributed by atoms with Crippen LogP contribution in [-0.4, -0.2) is 48.1 Å². The second-order valence-corrected chi connectivity index (χ2v) is 3.83. The summed E-state index contributed by atoms with van der Waals surface area (Å²) in [6.07, 6.45) is 1.85. The molecule has 0 radical (unpaired) electrons. The Morgan fingerprint density at radius 1 is 1.53 bits per heavy atom. The molecule has 0 aliphatic rings.